The number of amides is 3. The average molecular weight is 2090 g/mol. The van der Waals surface area contributed by atoms with Crippen molar-refractivity contribution in [3.05, 3.63) is 201 Å². The minimum absolute atomic E-state index is 0. The average Bonchev–Trinajstić information content (AvgIpc) is 0.783. The SMILES string of the molecule is CC(C)N(C(C)C)P(OCCC#N)N1CC(/C=C/P(C)(C)=O)OC(n2ccc(=O)[nH]c2=O)C1.COP(C)(=O)CP(=O)(OC)OC.CP(C)(=O)/C=C/C1CN(C(=O)C(F)(F)F)CC(n2ccc(=O)[nH]c2=O)O1.CP(C)(=O)/C=C/C1CNCC(n2ccc(=O)[nH]c2=O)O1.O=C(N1CC(CO)OC(n2ccc(=O)[nH]c2=O)C1)C(F)(F)F.O=CC1CN(C(=O)C(F)(F)F)CC(n2ccc(=O)[nH]c2=O)O1.[Na+].[OH-]. The second kappa shape index (κ2) is 54.0. The van der Waals surface area contributed by atoms with E-state index < -0.39 is 239 Å². The number of aliphatic hydroxyl groups is 1. The van der Waals surface area contributed by atoms with Crippen LogP contribution in [0.2, 0.25) is 0 Å². The van der Waals surface area contributed by atoms with Gasteiger partial charge in [-0.1, -0.05) is 18.2 Å². The number of rotatable bonds is 25. The topological polar surface area (TPSA) is 613 Å². The number of alkyl halides is 9. The second-order valence-electron chi connectivity index (χ2n) is 31.5. The van der Waals surface area contributed by atoms with Crippen LogP contribution in [0.1, 0.15) is 65.3 Å². The Bertz CT molecular complexity index is 5900. The number of aliphatic hydroxyl groups excluding tert-OH is 1. The second-order valence-corrected chi connectivity index (χ2v) is 48.3. The van der Waals surface area contributed by atoms with Gasteiger partial charge in [-0.2, -0.15) is 44.8 Å². The van der Waals surface area contributed by atoms with Gasteiger partial charge in [-0.3, -0.25) is 95.2 Å². The Labute approximate surface area is 796 Å². The van der Waals surface area contributed by atoms with Gasteiger partial charge in [-0.05, 0) is 85.1 Å². The largest absolute Gasteiger partial charge is 1.00 e. The van der Waals surface area contributed by atoms with Crippen LogP contribution >= 0.6 is 44.8 Å². The van der Waals surface area contributed by atoms with Crippen LogP contribution in [0.3, 0.4) is 0 Å². The molecule has 0 spiro atoms. The van der Waals surface area contributed by atoms with E-state index in [2.05, 4.69) is 72.0 Å². The zero-order chi connectivity index (χ0) is 102. The normalized spacial score (nSPS) is 21.5. The van der Waals surface area contributed by atoms with Crippen LogP contribution in [0, 0.1) is 11.3 Å². The summed E-state index contributed by atoms with van der Waals surface area (Å²) in [5, 5.41) is 21.2. The molecule has 0 radical (unpaired) electrons. The minimum atomic E-state index is -5.11. The summed E-state index contributed by atoms with van der Waals surface area (Å²) >= 11 is 0. The maximum Gasteiger partial charge on any atom is 1.00 e. The molecule has 0 aliphatic carbocycles. The Morgan fingerprint density at radius 1 is 0.489 bits per heavy atom. The molecule has 0 aromatic carbocycles. The van der Waals surface area contributed by atoms with Crippen molar-refractivity contribution in [3.63, 3.8) is 0 Å². The molecular formula is C74H107F9N17NaO30P6. The first-order chi connectivity index (χ1) is 62.5. The minimum Gasteiger partial charge on any atom is -0.870 e. The molecule has 3 amide bonds. The van der Waals surface area contributed by atoms with Gasteiger partial charge < -0.3 is 90.9 Å². The van der Waals surface area contributed by atoms with E-state index in [1.807, 2.05) is 15.0 Å². The molecule has 0 bridgehead atoms. The number of aldehydes is 1. The molecule has 762 valence electrons. The third-order valence-corrected chi connectivity index (χ3v) is 29.0. The molecule has 5 aliphatic heterocycles. The van der Waals surface area contributed by atoms with Crippen molar-refractivity contribution >= 4 is 68.8 Å². The standard InChI is InChI=1S/C21H35N5O5P2.C14H17F3N3O5P.C12H18N3O4P.C11H12F3N3O5.C11H10F3N3O5.C5H14O5P2.Na.H2O/c1-16(2)26(17(3)4)32(30-12-7-10-22)24-14-18(9-13-33(5,6)29)31-20(15-24)25-11-8-19(27)23-21(25)28;1-26(2,24)6-4-9-7-19(12(22)14(15,16)17)8-11(25-9)20-5-3-10(21)18-13(20)23;1-20(2,18)6-4-9-7-13-8-11(19-9)15-5-3-10(16)14-12(15)17;2*12-11(13,14)9(20)16-3-6(5-18)22-8(4-16)17-2-1-7(19)15-10(17)21;1-8-11(4,6)5-12(7,9-2)10-3;;/h8-9,11,13,16-18,20H,7,12,14-15H2,1-6H3,(H,23,27,28);3-6,9,11H,7-8H2,1-2H3,(H,18,21,23);3-6,9,11,13H,7-8H2,1-2H3,(H,14,16,17);1-2,6,8,18H,3-5H2,(H,15,19,21);1-2,5-6,8H,3-4H2,(H,15,19,21);5H2,1-4H3;;1H2/q;;;;;;+1;/p-1/b13-9+;2*6-4+;;;;;. The number of carbonyl (C=O) groups excluding carboxylic acids is 4. The van der Waals surface area contributed by atoms with Gasteiger partial charge in [0.1, 0.15) is 39.5 Å². The molecule has 63 heteroatoms. The number of hydrogen-bond acceptors (Lipinski definition) is 34. The van der Waals surface area contributed by atoms with E-state index in [4.69, 9.17) is 38.6 Å². The molecule has 5 fully saturated rings. The number of aromatic amines is 5. The molecule has 12 atom stereocenters. The smallest absolute Gasteiger partial charge is 0.870 e. The predicted octanol–water partition coefficient (Wildman–Crippen LogP) is 0.922. The molecule has 5 aromatic rings. The Morgan fingerprint density at radius 3 is 1.12 bits per heavy atom. The third-order valence-electron chi connectivity index (χ3n) is 18.5. The van der Waals surface area contributed by atoms with Crippen LogP contribution in [-0.2, 0) is 83.8 Å². The van der Waals surface area contributed by atoms with Gasteiger partial charge in [0.2, 0.25) is 7.37 Å². The molecule has 8 N–H and O–H groups in total. The van der Waals surface area contributed by atoms with Gasteiger partial charge in [0.05, 0.1) is 83.3 Å². The van der Waals surface area contributed by atoms with Gasteiger partial charge in [-0.15, -0.1) is 0 Å². The molecule has 47 nitrogen and oxygen atoms in total. The number of halogens is 9. The van der Waals surface area contributed by atoms with Crippen LogP contribution in [0.5, 0.6) is 0 Å². The van der Waals surface area contributed by atoms with Crippen molar-refractivity contribution in [3.8, 4) is 6.07 Å². The first kappa shape index (κ1) is 123. The monoisotopic (exact) mass is 2090 g/mol. The van der Waals surface area contributed by atoms with Crippen LogP contribution in [0.4, 0.5) is 39.5 Å². The fourth-order valence-corrected chi connectivity index (χ4v) is 20.5. The van der Waals surface area contributed by atoms with Gasteiger partial charge in [0.15, 0.2) is 45.9 Å². The van der Waals surface area contributed by atoms with Crippen molar-refractivity contribution in [1.29, 1.82) is 5.26 Å². The number of aromatic nitrogens is 10. The van der Waals surface area contributed by atoms with Crippen LogP contribution in [0.15, 0.2) is 145 Å². The number of carbonyl (C=O) groups is 4. The van der Waals surface area contributed by atoms with Gasteiger partial charge in [-0.25, -0.2) is 33.3 Å². The Morgan fingerprint density at radius 2 is 0.803 bits per heavy atom. The Balaban J connectivity index is 0.000000430. The third kappa shape index (κ3) is 40.6. The molecule has 10 heterocycles. The maximum atomic E-state index is 12.8. The molecule has 137 heavy (non-hydrogen) atoms. The molecule has 5 aromatic heterocycles. The molecule has 12 unspecified atom stereocenters. The summed E-state index contributed by atoms with van der Waals surface area (Å²) in [6.45, 7) is 17.8. The summed E-state index contributed by atoms with van der Waals surface area (Å²) in [6.07, 6.45) is -13.1. The first-order valence-corrected chi connectivity index (χ1v) is 53.2. The van der Waals surface area contributed by atoms with E-state index in [-0.39, 0.29) is 71.8 Å². The zero-order valence-electron chi connectivity index (χ0n) is 76.5. The van der Waals surface area contributed by atoms with E-state index in [0.717, 1.165) is 50.5 Å². The van der Waals surface area contributed by atoms with Crippen molar-refractivity contribution in [1.82, 2.24) is 77.1 Å². The number of nitrogens with zero attached hydrogens (tertiary/aromatic N) is 11. The molecule has 5 aliphatic rings. The van der Waals surface area contributed by atoms with E-state index in [0.29, 0.717) is 47.5 Å². The van der Waals surface area contributed by atoms with Gasteiger partial charge >= 0.3 is 102 Å². The van der Waals surface area contributed by atoms with E-state index >= 15 is 0 Å². The summed E-state index contributed by atoms with van der Waals surface area (Å²) in [4.78, 5) is 172. The number of H-pyrrole nitrogens is 5. The number of nitrogens with one attached hydrogen (secondary N) is 6. The summed E-state index contributed by atoms with van der Waals surface area (Å²) in [7, 11) is -10.8. The summed E-state index contributed by atoms with van der Waals surface area (Å²) in [5.41, 5.74) is -6.76. The van der Waals surface area contributed by atoms with Crippen LogP contribution in [0.25, 0.3) is 0 Å². The van der Waals surface area contributed by atoms with E-state index in [1.54, 1.807) is 50.4 Å². The zero-order valence-corrected chi connectivity index (χ0v) is 83.8. The summed E-state index contributed by atoms with van der Waals surface area (Å²) in [5.74, 6) is -1.86. The van der Waals surface area contributed by atoms with Crippen molar-refractivity contribution < 1.29 is 163 Å². The number of nitriles is 1. The van der Waals surface area contributed by atoms with Gasteiger partial charge in [0, 0.05) is 128 Å². The van der Waals surface area contributed by atoms with Crippen molar-refractivity contribution in [2.75, 3.05) is 153 Å². The Hall–Kier alpha value is -8.42. The predicted molar refractivity (Wildman–Crippen MR) is 472 cm³/mol. The first-order valence-electron chi connectivity index (χ1n) is 40.1. The van der Waals surface area contributed by atoms with Crippen molar-refractivity contribution in [2.24, 2.45) is 0 Å². The fourth-order valence-electron chi connectivity index (χ4n) is 12.4. The molecule has 0 saturated carbocycles. The summed E-state index contributed by atoms with van der Waals surface area (Å²) < 4.78 is 229. The molecule has 10 rings (SSSR count). The Kier molecular flexibility index (Phi) is 48.4. The van der Waals surface area contributed by atoms with Crippen LogP contribution in [-0.4, -0.2) is 320 Å². The van der Waals surface area contributed by atoms with Gasteiger partial charge in [0.25, 0.3) is 27.8 Å². The quantitative estimate of drug-likeness (QED) is 0.0140. The fraction of sp³-hybridized carbons (Fsp3) is 0.581. The number of ether oxygens (including phenoxy) is 5. The van der Waals surface area contributed by atoms with E-state index in [9.17, 15) is 129 Å². The maximum absolute atomic E-state index is 12.8. The van der Waals surface area contributed by atoms with E-state index in [1.165, 1.54) is 86.9 Å². The van der Waals surface area contributed by atoms with Crippen LogP contribution < -0.4 is 91.1 Å². The van der Waals surface area contributed by atoms with Crippen molar-refractivity contribution in [2.45, 2.75) is 126 Å². The summed E-state index contributed by atoms with van der Waals surface area (Å²) in [6, 6.07) is 7.98. The molecule has 5 saturated heterocycles. The number of hydrogen-bond donors (Lipinski definition) is 7. The molecular weight excluding hydrogens is 1990 g/mol. The number of morpholine rings is 5.